The predicted molar refractivity (Wildman–Crippen MR) is 68.3 cm³/mol. The Morgan fingerprint density at radius 2 is 1.89 bits per heavy atom. The number of pyridine rings is 2. The summed E-state index contributed by atoms with van der Waals surface area (Å²) >= 11 is 1.24. The van der Waals surface area contributed by atoms with Crippen LogP contribution >= 0.6 is 11.8 Å². The quantitative estimate of drug-likeness (QED) is 0.851. The summed E-state index contributed by atoms with van der Waals surface area (Å²) in [6.45, 7) is 0. The van der Waals surface area contributed by atoms with Gasteiger partial charge >= 0.3 is 5.97 Å². The number of anilines is 1. The number of nitrogen functional groups attached to an aromatic ring is 1. The molecular formula is C12H11N3O2S. The SMILES string of the molecule is COC(=O)c1cccnc1Sc1ncccc1N. The summed E-state index contributed by atoms with van der Waals surface area (Å²) < 4.78 is 4.70. The minimum absolute atomic E-state index is 0.398. The van der Waals surface area contributed by atoms with Crippen LogP contribution in [0.25, 0.3) is 0 Å². The van der Waals surface area contributed by atoms with Crippen molar-refractivity contribution in [3.8, 4) is 0 Å². The average Bonchev–Trinajstić information content (AvgIpc) is 2.41. The first-order valence-electron chi connectivity index (χ1n) is 5.14. The van der Waals surface area contributed by atoms with Crippen LogP contribution in [0.5, 0.6) is 0 Å². The lowest BCUT2D eigenvalue weighted by Gasteiger charge is -2.06. The maximum atomic E-state index is 11.6. The lowest BCUT2D eigenvalue weighted by Crippen LogP contribution is -2.04. The molecule has 0 bridgehead atoms. The number of carbonyl (C=O) groups excluding carboxylic acids is 1. The van der Waals surface area contributed by atoms with Crippen molar-refractivity contribution < 1.29 is 9.53 Å². The first-order chi connectivity index (χ1) is 8.72. The lowest BCUT2D eigenvalue weighted by molar-refractivity contribution is 0.0596. The molecule has 2 aromatic rings. The van der Waals surface area contributed by atoms with Gasteiger partial charge in [0.05, 0.1) is 18.4 Å². The van der Waals surface area contributed by atoms with Crippen LogP contribution in [0.3, 0.4) is 0 Å². The Morgan fingerprint density at radius 1 is 1.22 bits per heavy atom. The van der Waals surface area contributed by atoms with Crippen LogP contribution in [0.2, 0.25) is 0 Å². The Bertz CT molecular complexity index is 575. The van der Waals surface area contributed by atoms with Crippen LogP contribution in [-0.4, -0.2) is 23.0 Å². The van der Waals surface area contributed by atoms with Gasteiger partial charge in [0, 0.05) is 12.4 Å². The van der Waals surface area contributed by atoms with Gasteiger partial charge in [-0.15, -0.1) is 0 Å². The molecule has 0 aliphatic rings. The fraction of sp³-hybridized carbons (Fsp3) is 0.0833. The minimum Gasteiger partial charge on any atom is -0.465 e. The van der Waals surface area contributed by atoms with Crippen LogP contribution in [0.15, 0.2) is 46.7 Å². The van der Waals surface area contributed by atoms with Crippen molar-refractivity contribution in [1.82, 2.24) is 9.97 Å². The standard InChI is InChI=1S/C12H11N3O2S/c1-17-12(16)8-4-2-6-14-10(8)18-11-9(13)5-3-7-15-11/h2-7H,13H2,1H3. The molecule has 6 heteroatoms. The van der Waals surface area contributed by atoms with E-state index in [0.717, 1.165) is 0 Å². The fourth-order valence-electron chi connectivity index (χ4n) is 1.32. The molecule has 2 aromatic heterocycles. The molecule has 0 radical (unpaired) electrons. The van der Waals surface area contributed by atoms with E-state index in [0.29, 0.717) is 21.3 Å². The number of carbonyl (C=O) groups is 1. The third kappa shape index (κ3) is 2.60. The maximum Gasteiger partial charge on any atom is 0.340 e. The van der Waals surface area contributed by atoms with Gasteiger partial charge in [-0.25, -0.2) is 14.8 Å². The Hall–Kier alpha value is -2.08. The van der Waals surface area contributed by atoms with Gasteiger partial charge in [-0.05, 0) is 36.0 Å². The molecule has 0 aromatic carbocycles. The monoisotopic (exact) mass is 261 g/mol. The Labute approximate surface area is 108 Å². The predicted octanol–water partition coefficient (Wildman–Crippen LogP) is 2.00. The average molecular weight is 261 g/mol. The molecule has 0 aliphatic heterocycles. The molecule has 5 nitrogen and oxygen atoms in total. The third-order valence-corrected chi connectivity index (χ3v) is 3.22. The van der Waals surface area contributed by atoms with Gasteiger partial charge in [-0.2, -0.15) is 0 Å². The van der Waals surface area contributed by atoms with E-state index >= 15 is 0 Å². The van der Waals surface area contributed by atoms with Crippen molar-refractivity contribution in [3.05, 3.63) is 42.2 Å². The first-order valence-corrected chi connectivity index (χ1v) is 5.95. The van der Waals surface area contributed by atoms with E-state index in [4.69, 9.17) is 10.5 Å². The molecule has 0 aliphatic carbocycles. The van der Waals surface area contributed by atoms with Crippen LogP contribution in [0.1, 0.15) is 10.4 Å². The van der Waals surface area contributed by atoms with Crippen LogP contribution in [0, 0.1) is 0 Å². The number of rotatable bonds is 3. The van der Waals surface area contributed by atoms with E-state index in [1.807, 2.05) is 0 Å². The summed E-state index contributed by atoms with van der Waals surface area (Å²) in [4.78, 5) is 19.9. The summed E-state index contributed by atoms with van der Waals surface area (Å²) in [6, 6.07) is 6.83. The van der Waals surface area contributed by atoms with E-state index in [1.165, 1.54) is 18.9 Å². The van der Waals surface area contributed by atoms with Crippen molar-refractivity contribution in [2.75, 3.05) is 12.8 Å². The molecule has 0 spiro atoms. The van der Waals surface area contributed by atoms with Crippen LogP contribution in [0.4, 0.5) is 5.69 Å². The fourth-order valence-corrected chi connectivity index (χ4v) is 2.18. The van der Waals surface area contributed by atoms with Gasteiger partial charge in [-0.1, -0.05) is 0 Å². The largest absolute Gasteiger partial charge is 0.465 e. The van der Waals surface area contributed by atoms with Gasteiger partial charge in [0.25, 0.3) is 0 Å². The summed E-state index contributed by atoms with van der Waals surface area (Å²) in [5.41, 5.74) is 6.74. The number of nitrogens with zero attached hydrogens (tertiary/aromatic N) is 2. The summed E-state index contributed by atoms with van der Waals surface area (Å²) in [5, 5.41) is 1.14. The number of methoxy groups -OCH3 is 1. The highest BCUT2D eigenvalue weighted by Crippen LogP contribution is 2.30. The van der Waals surface area contributed by atoms with Gasteiger partial charge < -0.3 is 10.5 Å². The lowest BCUT2D eigenvalue weighted by atomic mass is 10.3. The summed E-state index contributed by atoms with van der Waals surface area (Å²) in [5.74, 6) is -0.430. The zero-order valence-electron chi connectivity index (χ0n) is 9.66. The molecule has 0 unspecified atom stereocenters. The Kier molecular flexibility index (Phi) is 3.78. The van der Waals surface area contributed by atoms with E-state index in [-0.39, 0.29) is 0 Å². The van der Waals surface area contributed by atoms with Crippen LogP contribution < -0.4 is 5.73 Å². The molecule has 18 heavy (non-hydrogen) atoms. The second-order valence-electron chi connectivity index (χ2n) is 3.35. The smallest absolute Gasteiger partial charge is 0.340 e. The second kappa shape index (κ2) is 5.50. The van der Waals surface area contributed by atoms with Crippen molar-refractivity contribution in [2.45, 2.75) is 10.1 Å². The molecule has 2 rings (SSSR count). The van der Waals surface area contributed by atoms with E-state index in [2.05, 4.69) is 9.97 Å². The highest BCUT2D eigenvalue weighted by atomic mass is 32.2. The minimum atomic E-state index is -0.430. The zero-order valence-corrected chi connectivity index (χ0v) is 10.5. The maximum absolute atomic E-state index is 11.6. The van der Waals surface area contributed by atoms with Crippen molar-refractivity contribution in [3.63, 3.8) is 0 Å². The van der Waals surface area contributed by atoms with Crippen molar-refractivity contribution in [1.29, 1.82) is 0 Å². The van der Waals surface area contributed by atoms with Gasteiger partial charge in [0.2, 0.25) is 0 Å². The molecule has 2 heterocycles. The Morgan fingerprint density at radius 3 is 2.56 bits per heavy atom. The summed E-state index contributed by atoms with van der Waals surface area (Å²) in [7, 11) is 1.33. The van der Waals surface area contributed by atoms with E-state index in [9.17, 15) is 4.79 Å². The first kappa shape index (κ1) is 12.4. The highest BCUT2D eigenvalue weighted by molar-refractivity contribution is 7.99. The number of hydrogen-bond acceptors (Lipinski definition) is 6. The third-order valence-electron chi connectivity index (χ3n) is 2.17. The van der Waals surface area contributed by atoms with Gasteiger partial charge in [-0.3, -0.25) is 0 Å². The second-order valence-corrected chi connectivity index (χ2v) is 4.33. The molecule has 0 fully saturated rings. The normalized spacial score (nSPS) is 10.1. The molecule has 92 valence electrons. The number of nitrogens with two attached hydrogens (primary N) is 1. The molecule has 2 N–H and O–H groups in total. The van der Waals surface area contributed by atoms with Gasteiger partial charge in [0.1, 0.15) is 10.1 Å². The molecule has 0 saturated heterocycles. The number of ether oxygens (including phenoxy) is 1. The summed E-state index contributed by atoms with van der Waals surface area (Å²) in [6.07, 6.45) is 3.24. The van der Waals surface area contributed by atoms with Crippen molar-refractivity contribution >= 4 is 23.4 Å². The number of aromatic nitrogens is 2. The van der Waals surface area contributed by atoms with E-state index < -0.39 is 5.97 Å². The van der Waals surface area contributed by atoms with Gasteiger partial charge in [0.15, 0.2) is 0 Å². The molecule has 0 atom stereocenters. The Balaban J connectivity index is 2.35. The van der Waals surface area contributed by atoms with Crippen LogP contribution in [-0.2, 0) is 4.74 Å². The molecule has 0 saturated carbocycles. The van der Waals surface area contributed by atoms with Crippen molar-refractivity contribution in [2.24, 2.45) is 0 Å². The topological polar surface area (TPSA) is 78.1 Å². The molecule has 0 amide bonds. The number of esters is 1. The molecular weight excluding hydrogens is 250 g/mol. The van der Waals surface area contributed by atoms with E-state index in [1.54, 1.807) is 36.7 Å². The zero-order chi connectivity index (χ0) is 13.0. The highest BCUT2D eigenvalue weighted by Gasteiger charge is 2.14. The number of hydrogen-bond donors (Lipinski definition) is 1.